The molecule has 0 saturated heterocycles. The highest BCUT2D eigenvalue weighted by Gasteiger charge is 2.08. The first-order chi connectivity index (χ1) is 9.99. The second kappa shape index (κ2) is 7.30. The molecule has 0 saturated carbocycles. The predicted octanol–water partition coefficient (Wildman–Crippen LogP) is 5.48. The van der Waals surface area contributed by atoms with Crippen molar-refractivity contribution < 1.29 is 4.74 Å². The lowest BCUT2D eigenvalue weighted by Gasteiger charge is -2.13. The maximum atomic E-state index is 6.31. The lowest BCUT2D eigenvalue weighted by Crippen LogP contribution is -2.21. The number of nitrogens with two attached hydrogens (primary N) is 1. The van der Waals surface area contributed by atoms with E-state index in [9.17, 15) is 0 Å². The highest BCUT2D eigenvalue weighted by Crippen LogP contribution is 2.33. The average Bonchev–Trinajstić information content (AvgIpc) is 2.44. The molecule has 2 N–H and O–H groups in total. The van der Waals surface area contributed by atoms with E-state index in [0.29, 0.717) is 10.8 Å². The van der Waals surface area contributed by atoms with Gasteiger partial charge in [-0.2, -0.15) is 0 Å². The minimum atomic E-state index is 0.168. The number of aryl methyl sites for hydroxylation is 1. The van der Waals surface area contributed by atoms with Crippen LogP contribution in [0.15, 0.2) is 40.9 Å². The van der Waals surface area contributed by atoms with Gasteiger partial charge in [-0.15, -0.1) is 0 Å². The lowest BCUT2D eigenvalue weighted by molar-refractivity contribution is 0.478. The Balaban J connectivity index is 2.17. The molecule has 0 bridgehead atoms. The molecule has 1 atom stereocenters. The molecule has 0 aliphatic carbocycles. The van der Waals surface area contributed by atoms with Gasteiger partial charge in [-0.25, -0.2) is 0 Å². The summed E-state index contributed by atoms with van der Waals surface area (Å²) in [5.41, 5.74) is 8.16. The zero-order valence-electron chi connectivity index (χ0n) is 12.2. The van der Waals surface area contributed by atoms with E-state index in [1.165, 1.54) is 0 Å². The molecular formula is C17H19BrClNO. The van der Waals surface area contributed by atoms with Crippen LogP contribution in [0.4, 0.5) is 0 Å². The van der Waals surface area contributed by atoms with Gasteiger partial charge in [0.25, 0.3) is 0 Å². The molecule has 4 heteroatoms. The Bertz CT molecular complexity index is 630. The number of benzene rings is 2. The number of hydrogen-bond donors (Lipinski definition) is 1. The van der Waals surface area contributed by atoms with Crippen molar-refractivity contribution in [1.29, 1.82) is 0 Å². The SMILES string of the molecule is CCC(N)Cc1ccc(Oc2ccc(Br)cc2C)c(Cl)c1. The number of hydrogen-bond acceptors (Lipinski definition) is 2. The average molecular weight is 369 g/mol. The molecule has 0 aliphatic rings. The van der Waals surface area contributed by atoms with E-state index in [1.807, 2.05) is 43.3 Å². The van der Waals surface area contributed by atoms with Crippen LogP contribution >= 0.6 is 27.5 Å². The fraction of sp³-hybridized carbons (Fsp3) is 0.294. The summed E-state index contributed by atoms with van der Waals surface area (Å²) in [6, 6.07) is 11.9. The first-order valence-electron chi connectivity index (χ1n) is 6.97. The normalized spacial score (nSPS) is 12.2. The summed E-state index contributed by atoms with van der Waals surface area (Å²) in [4.78, 5) is 0. The van der Waals surface area contributed by atoms with Gasteiger partial charge in [0.1, 0.15) is 11.5 Å². The minimum absolute atomic E-state index is 0.168. The van der Waals surface area contributed by atoms with Crippen molar-refractivity contribution in [3.8, 4) is 11.5 Å². The summed E-state index contributed by atoms with van der Waals surface area (Å²) < 4.78 is 6.93. The summed E-state index contributed by atoms with van der Waals surface area (Å²) in [5, 5.41) is 0.609. The third-order valence-electron chi connectivity index (χ3n) is 3.38. The van der Waals surface area contributed by atoms with E-state index in [2.05, 4.69) is 22.9 Å². The number of rotatable bonds is 5. The Morgan fingerprint density at radius 1 is 1.19 bits per heavy atom. The first kappa shape index (κ1) is 16.3. The Kier molecular flexibility index (Phi) is 5.68. The van der Waals surface area contributed by atoms with Gasteiger partial charge in [0.15, 0.2) is 0 Å². The van der Waals surface area contributed by atoms with Crippen LogP contribution in [-0.4, -0.2) is 6.04 Å². The highest BCUT2D eigenvalue weighted by atomic mass is 79.9. The van der Waals surface area contributed by atoms with Crippen molar-refractivity contribution in [3.05, 3.63) is 57.0 Å². The van der Waals surface area contributed by atoms with Crippen LogP contribution in [0.25, 0.3) is 0 Å². The van der Waals surface area contributed by atoms with E-state index in [-0.39, 0.29) is 6.04 Å². The zero-order valence-corrected chi connectivity index (χ0v) is 14.5. The van der Waals surface area contributed by atoms with E-state index >= 15 is 0 Å². The van der Waals surface area contributed by atoms with Gasteiger partial charge in [0.2, 0.25) is 0 Å². The standard InChI is InChI=1S/C17H19BrClNO/c1-3-14(20)9-12-4-6-17(15(19)10-12)21-16-7-5-13(18)8-11(16)2/h4-8,10,14H,3,9,20H2,1-2H3. The first-order valence-corrected chi connectivity index (χ1v) is 8.14. The Morgan fingerprint density at radius 3 is 2.52 bits per heavy atom. The summed E-state index contributed by atoms with van der Waals surface area (Å²) in [6.45, 7) is 4.09. The summed E-state index contributed by atoms with van der Waals surface area (Å²) in [6.07, 6.45) is 1.78. The van der Waals surface area contributed by atoms with Gasteiger partial charge in [-0.3, -0.25) is 0 Å². The van der Waals surface area contributed by atoms with Crippen molar-refractivity contribution in [2.24, 2.45) is 5.73 Å². The highest BCUT2D eigenvalue weighted by molar-refractivity contribution is 9.10. The van der Waals surface area contributed by atoms with Crippen molar-refractivity contribution >= 4 is 27.5 Å². The smallest absolute Gasteiger partial charge is 0.146 e. The molecule has 0 spiro atoms. The molecule has 2 nitrogen and oxygen atoms in total. The van der Waals surface area contributed by atoms with Gasteiger partial charge in [-0.1, -0.05) is 40.5 Å². The molecule has 0 heterocycles. The third-order valence-corrected chi connectivity index (χ3v) is 4.16. The molecule has 2 rings (SSSR count). The Hall–Kier alpha value is -1.03. The second-order valence-corrected chi connectivity index (χ2v) is 6.47. The van der Waals surface area contributed by atoms with Gasteiger partial charge < -0.3 is 10.5 Å². The van der Waals surface area contributed by atoms with Crippen molar-refractivity contribution in [3.63, 3.8) is 0 Å². The molecule has 0 amide bonds. The molecule has 112 valence electrons. The van der Waals surface area contributed by atoms with E-state index in [4.69, 9.17) is 22.1 Å². The quantitative estimate of drug-likeness (QED) is 0.758. The largest absolute Gasteiger partial charge is 0.456 e. The zero-order chi connectivity index (χ0) is 15.4. The van der Waals surface area contributed by atoms with Gasteiger partial charge in [0.05, 0.1) is 5.02 Å². The molecule has 0 aromatic heterocycles. The molecule has 0 radical (unpaired) electrons. The van der Waals surface area contributed by atoms with Crippen LogP contribution in [0, 0.1) is 6.92 Å². The van der Waals surface area contributed by atoms with Crippen LogP contribution < -0.4 is 10.5 Å². The van der Waals surface area contributed by atoms with Crippen LogP contribution in [0.3, 0.4) is 0 Å². The molecule has 2 aromatic carbocycles. The van der Waals surface area contributed by atoms with E-state index in [0.717, 1.165) is 34.2 Å². The molecular weight excluding hydrogens is 350 g/mol. The molecule has 1 unspecified atom stereocenters. The maximum absolute atomic E-state index is 6.31. The minimum Gasteiger partial charge on any atom is -0.456 e. The fourth-order valence-electron chi connectivity index (χ4n) is 2.05. The van der Waals surface area contributed by atoms with Gasteiger partial charge >= 0.3 is 0 Å². The third kappa shape index (κ3) is 4.47. The van der Waals surface area contributed by atoms with E-state index in [1.54, 1.807) is 0 Å². The van der Waals surface area contributed by atoms with Gasteiger partial charge in [-0.05, 0) is 61.2 Å². The summed E-state index contributed by atoms with van der Waals surface area (Å²) in [5.74, 6) is 1.47. The van der Waals surface area contributed by atoms with Crippen molar-refractivity contribution in [2.45, 2.75) is 32.7 Å². The Morgan fingerprint density at radius 2 is 1.90 bits per heavy atom. The van der Waals surface area contributed by atoms with Crippen molar-refractivity contribution in [2.75, 3.05) is 0 Å². The number of halogens is 2. The van der Waals surface area contributed by atoms with Crippen molar-refractivity contribution in [1.82, 2.24) is 0 Å². The van der Waals surface area contributed by atoms with Crippen LogP contribution in [-0.2, 0) is 6.42 Å². The predicted molar refractivity (Wildman–Crippen MR) is 92.4 cm³/mol. The molecule has 2 aromatic rings. The van der Waals surface area contributed by atoms with Crippen LogP contribution in [0.2, 0.25) is 5.02 Å². The molecule has 21 heavy (non-hydrogen) atoms. The van der Waals surface area contributed by atoms with Crippen LogP contribution in [0.1, 0.15) is 24.5 Å². The number of ether oxygens (including phenoxy) is 1. The molecule has 0 fully saturated rings. The van der Waals surface area contributed by atoms with E-state index < -0.39 is 0 Å². The summed E-state index contributed by atoms with van der Waals surface area (Å²) >= 11 is 9.76. The summed E-state index contributed by atoms with van der Waals surface area (Å²) in [7, 11) is 0. The topological polar surface area (TPSA) is 35.2 Å². The van der Waals surface area contributed by atoms with Gasteiger partial charge in [0, 0.05) is 10.5 Å². The lowest BCUT2D eigenvalue weighted by atomic mass is 10.0. The monoisotopic (exact) mass is 367 g/mol. The fourth-order valence-corrected chi connectivity index (χ4v) is 2.76. The second-order valence-electron chi connectivity index (χ2n) is 5.15. The maximum Gasteiger partial charge on any atom is 0.146 e. The molecule has 0 aliphatic heterocycles. The van der Waals surface area contributed by atoms with Crippen LogP contribution in [0.5, 0.6) is 11.5 Å². The Labute approximate surface area is 139 Å².